The number of piperidine rings is 1. The molecule has 2 aliphatic rings. The zero-order valence-corrected chi connectivity index (χ0v) is 37.7. The van der Waals surface area contributed by atoms with Crippen molar-refractivity contribution in [3.63, 3.8) is 0 Å². The number of fused-ring (bicyclic) bond motifs is 1. The quantitative estimate of drug-likeness (QED) is 0.0551. The lowest BCUT2D eigenvalue weighted by molar-refractivity contribution is -0.0663. The van der Waals surface area contributed by atoms with E-state index >= 15 is 0 Å². The first-order valence-electron chi connectivity index (χ1n) is 21.5. The van der Waals surface area contributed by atoms with Crippen molar-refractivity contribution in [1.82, 2.24) is 4.90 Å². The minimum Gasteiger partial charge on any atom is -0.490 e. The topological polar surface area (TPSA) is 96.0 Å². The average Bonchev–Trinajstić information content (AvgIpc) is 3.24. The van der Waals surface area contributed by atoms with Gasteiger partial charge in [-0.3, -0.25) is 4.79 Å². The van der Waals surface area contributed by atoms with Crippen LogP contribution in [-0.4, -0.2) is 83.8 Å². The molecule has 0 radical (unpaired) electrons. The number of nitrogens with zero attached hydrogens (tertiary/aromatic N) is 2. The van der Waals surface area contributed by atoms with Crippen LogP contribution in [0.4, 0.5) is 10.5 Å². The van der Waals surface area contributed by atoms with Gasteiger partial charge in [0.05, 0.1) is 37.6 Å². The van der Waals surface area contributed by atoms with E-state index in [2.05, 4.69) is 70.7 Å². The Balaban J connectivity index is 1.34. The molecular formula is C49H64N2O8Si. The van der Waals surface area contributed by atoms with E-state index in [1.807, 2.05) is 60.7 Å². The van der Waals surface area contributed by atoms with Gasteiger partial charge in [-0.2, -0.15) is 0 Å². The number of benzene rings is 4. The number of rotatable bonds is 18. The molecule has 4 aromatic carbocycles. The molecule has 0 saturated carbocycles. The van der Waals surface area contributed by atoms with Gasteiger partial charge in [0.2, 0.25) is 8.32 Å². The molecule has 10 nitrogen and oxygen atoms in total. The van der Waals surface area contributed by atoms with Gasteiger partial charge >= 0.3 is 6.09 Å². The standard InChI is InChI=1S/C49H64N2O8Si/c1-34(2)60(35(3)4,36(5)6)59-47-31-51(49(53)57-32-38-13-10-9-11-14-38)30-46(56-33-39-15-24-45-44(29-39)50(26-28-55-45)25-12-27-54-8)48(47)41-18-22-43(23-19-41)58-42-20-16-40(17-21-42)37(7)52/h9-11,13-24,29,34-36,46-48H,12,25-28,30-33H2,1-8H3. The Hall–Kier alpha value is -4.68. The Labute approximate surface area is 358 Å². The summed E-state index contributed by atoms with van der Waals surface area (Å²) in [5.41, 5.74) is 5.66. The first-order valence-corrected chi connectivity index (χ1v) is 23.7. The van der Waals surface area contributed by atoms with Crippen LogP contribution in [-0.2, 0) is 31.9 Å². The van der Waals surface area contributed by atoms with Crippen LogP contribution in [0.5, 0.6) is 17.2 Å². The number of ketones is 1. The predicted molar refractivity (Wildman–Crippen MR) is 239 cm³/mol. The molecule has 4 aromatic rings. The van der Waals surface area contributed by atoms with E-state index in [1.165, 1.54) is 0 Å². The van der Waals surface area contributed by atoms with Gasteiger partial charge in [0.1, 0.15) is 30.5 Å². The van der Waals surface area contributed by atoms with Gasteiger partial charge in [-0.1, -0.05) is 90.1 Å². The molecule has 3 atom stereocenters. The maximum atomic E-state index is 14.1. The van der Waals surface area contributed by atoms with Crippen molar-refractivity contribution in [3.8, 4) is 17.2 Å². The van der Waals surface area contributed by atoms with Crippen LogP contribution in [0.15, 0.2) is 97.1 Å². The number of amides is 1. The fraction of sp³-hybridized carbons (Fsp3) is 0.469. The molecule has 0 aromatic heterocycles. The Morgan fingerprint density at radius 1 is 0.783 bits per heavy atom. The van der Waals surface area contributed by atoms with Crippen molar-refractivity contribution in [2.75, 3.05) is 51.4 Å². The number of anilines is 1. The third-order valence-corrected chi connectivity index (χ3v) is 18.2. The minimum atomic E-state index is -2.47. The molecule has 0 aliphatic carbocycles. The zero-order valence-electron chi connectivity index (χ0n) is 36.7. The molecule has 0 spiro atoms. The zero-order chi connectivity index (χ0) is 42.8. The monoisotopic (exact) mass is 836 g/mol. The molecule has 322 valence electrons. The Kier molecular flexibility index (Phi) is 15.5. The van der Waals surface area contributed by atoms with Crippen molar-refractivity contribution in [2.45, 2.75) is 103 Å². The number of Topliss-reactive ketones (excluding diaryl/α,β-unsaturated/α-hetero) is 1. The number of carbonyl (C=O) groups excluding carboxylic acids is 2. The van der Waals surface area contributed by atoms with Crippen molar-refractivity contribution in [2.24, 2.45) is 0 Å². The van der Waals surface area contributed by atoms with Crippen LogP contribution >= 0.6 is 0 Å². The minimum absolute atomic E-state index is 0.00925. The molecule has 60 heavy (non-hydrogen) atoms. The largest absolute Gasteiger partial charge is 0.490 e. The van der Waals surface area contributed by atoms with E-state index in [9.17, 15) is 9.59 Å². The molecule has 1 fully saturated rings. The third-order valence-electron chi connectivity index (χ3n) is 12.1. The smallest absolute Gasteiger partial charge is 0.410 e. The Morgan fingerprint density at radius 2 is 1.43 bits per heavy atom. The molecule has 1 saturated heterocycles. The maximum Gasteiger partial charge on any atom is 0.410 e. The summed E-state index contributed by atoms with van der Waals surface area (Å²) < 4.78 is 38.3. The second-order valence-corrected chi connectivity index (χ2v) is 22.4. The third kappa shape index (κ3) is 10.8. The fourth-order valence-corrected chi connectivity index (χ4v) is 14.8. The van der Waals surface area contributed by atoms with Crippen LogP contribution < -0.4 is 14.4 Å². The highest BCUT2D eigenvalue weighted by Gasteiger charge is 2.51. The fourth-order valence-electron chi connectivity index (χ4n) is 9.20. The Morgan fingerprint density at radius 3 is 2.07 bits per heavy atom. The summed E-state index contributed by atoms with van der Waals surface area (Å²) in [6.45, 7) is 19.5. The lowest BCUT2D eigenvalue weighted by atomic mass is 9.84. The second-order valence-electron chi connectivity index (χ2n) is 17.0. The van der Waals surface area contributed by atoms with E-state index in [1.54, 1.807) is 31.1 Å². The first-order chi connectivity index (χ1) is 28.9. The Bertz CT molecular complexity index is 1970. The van der Waals surface area contributed by atoms with Crippen molar-refractivity contribution in [1.29, 1.82) is 0 Å². The molecule has 0 N–H and O–H groups in total. The van der Waals surface area contributed by atoms with Gasteiger partial charge in [-0.05, 0) is 95.2 Å². The number of ether oxygens (including phenoxy) is 5. The molecular weight excluding hydrogens is 773 g/mol. The van der Waals surface area contributed by atoms with E-state index in [4.69, 9.17) is 28.1 Å². The van der Waals surface area contributed by atoms with Crippen molar-refractivity contribution < 1.29 is 37.7 Å². The molecule has 3 unspecified atom stereocenters. The maximum absolute atomic E-state index is 14.1. The summed E-state index contributed by atoms with van der Waals surface area (Å²) in [5, 5.41) is 0. The molecule has 2 heterocycles. The van der Waals surface area contributed by atoms with E-state index in [0.29, 0.717) is 66.6 Å². The van der Waals surface area contributed by atoms with E-state index in [-0.39, 0.29) is 30.5 Å². The lowest BCUT2D eigenvalue weighted by Gasteiger charge is -2.50. The molecule has 1 amide bonds. The first kappa shape index (κ1) is 44.9. The molecule has 6 rings (SSSR count). The van der Waals surface area contributed by atoms with E-state index in [0.717, 1.165) is 47.6 Å². The van der Waals surface area contributed by atoms with Crippen LogP contribution in [0.3, 0.4) is 0 Å². The summed E-state index contributed by atoms with van der Waals surface area (Å²) in [7, 11) is -0.733. The average molecular weight is 837 g/mol. The number of methoxy groups -OCH3 is 1. The highest BCUT2D eigenvalue weighted by molar-refractivity contribution is 6.77. The van der Waals surface area contributed by atoms with Crippen LogP contribution in [0.1, 0.15) is 87.9 Å². The summed E-state index contributed by atoms with van der Waals surface area (Å²) >= 11 is 0. The van der Waals surface area contributed by atoms with Crippen LogP contribution in [0.2, 0.25) is 16.6 Å². The molecule has 11 heteroatoms. The van der Waals surface area contributed by atoms with Crippen molar-refractivity contribution in [3.05, 3.63) is 119 Å². The molecule has 0 bridgehead atoms. The van der Waals surface area contributed by atoms with Gasteiger partial charge in [0.25, 0.3) is 0 Å². The summed E-state index contributed by atoms with van der Waals surface area (Å²) in [6.07, 6.45) is -0.266. The second kappa shape index (κ2) is 20.7. The van der Waals surface area contributed by atoms with Crippen LogP contribution in [0, 0.1) is 0 Å². The van der Waals surface area contributed by atoms with Crippen LogP contribution in [0.25, 0.3) is 0 Å². The summed E-state index contributed by atoms with van der Waals surface area (Å²) in [6, 6.07) is 31.3. The number of carbonyl (C=O) groups is 2. The van der Waals surface area contributed by atoms with Gasteiger partial charge in [-0.15, -0.1) is 0 Å². The van der Waals surface area contributed by atoms with Gasteiger partial charge in [0, 0.05) is 38.3 Å². The number of hydrogen-bond donors (Lipinski definition) is 0. The molecule has 2 aliphatic heterocycles. The summed E-state index contributed by atoms with van der Waals surface area (Å²) in [4.78, 5) is 30.1. The van der Waals surface area contributed by atoms with Gasteiger partial charge in [-0.25, -0.2) is 4.79 Å². The number of hydrogen-bond acceptors (Lipinski definition) is 9. The highest BCUT2D eigenvalue weighted by Crippen LogP contribution is 2.46. The highest BCUT2D eigenvalue weighted by atomic mass is 28.4. The van der Waals surface area contributed by atoms with Gasteiger partial charge in [0.15, 0.2) is 5.78 Å². The van der Waals surface area contributed by atoms with Gasteiger partial charge < -0.3 is 37.9 Å². The predicted octanol–water partition coefficient (Wildman–Crippen LogP) is 10.8. The lowest BCUT2D eigenvalue weighted by Crippen LogP contribution is -2.59. The van der Waals surface area contributed by atoms with Crippen molar-refractivity contribution >= 4 is 25.9 Å². The SMILES string of the molecule is COCCCN1CCOc2ccc(COC3CN(C(=O)OCc4ccccc4)CC(O[Si](C(C)C)(C(C)C)C(C)C)C3c3ccc(Oc4ccc(C(C)=O)cc4)cc3)cc21. The number of likely N-dealkylation sites (tertiary alicyclic amines) is 1. The normalized spacial score (nSPS) is 18.1. The van der Waals surface area contributed by atoms with E-state index < -0.39 is 14.4 Å². The summed E-state index contributed by atoms with van der Waals surface area (Å²) in [5.74, 6) is 1.99.